The number of halogens is 2. The summed E-state index contributed by atoms with van der Waals surface area (Å²) in [6, 6.07) is 7.69. The van der Waals surface area contributed by atoms with E-state index < -0.39 is 0 Å². The monoisotopic (exact) mass is 242 g/mol. The van der Waals surface area contributed by atoms with Crippen LogP contribution in [-0.2, 0) is 0 Å². The van der Waals surface area contributed by atoms with E-state index in [4.69, 9.17) is 11.6 Å². The van der Waals surface area contributed by atoms with E-state index in [1.807, 2.05) is 30.3 Å². The Morgan fingerprint density at radius 3 is 2.45 bits per heavy atom. The molecule has 3 heteroatoms. The van der Waals surface area contributed by atoms with Gasteiger partial charge in [-0.15, -0.1) is 0 Å². The number of benzene rings is 1. The quantitative estimate of drug-likeness (QED) is 0.666. The number of hydrogen-bond donors (Lipinski definition) is 0. The van der Waals surface area contributed by atoms with Crippen molar-refractivity contribution >= 4 is 56.7 Å². The lowest BCUT2D eigenvalue weighted by Crippen LogP contribution is -1.70. The molecule has 0 aliphatic rings. The molecule has 0 aliphatic carbocycles. The van der Waals surface area contributed by atoms with Crippen LogP contribution >= 0.6 is 27.5 Å². The van der Waals surface area contributed by atoms with Gasteiger partial charge in [-0.25, -0.2) is 0 Å². The van der Waals surface area contributed by atoms with Crippen molar-refractivity contribution in [2.75, 3.05) is 0 Å². The van der Waals surface area contributed by atoms with Crippen LogP contribution in [0.5, 0.6) is 0 Å². The van der Waals surface area contributed by atoms with Crippen molar-refractivity contribution in [3.63, 3.8) is 0 Å². The summed E-state index contributed by atoms with van der Waals surface area (Å²) in [5.41, 5.74) is 1.03. The summed E-state index contributed by atoms with van der Waals surface area (Å²) in [7, 11) is 0. The molecule has 0 saturated heterocycles. The zero-order valence-corrected chi connectivity index (χ0v) is 7.56. The van der Waals surface area contributed by atoms with E-state index in [0.717, 1.165) is 10.6 Å². The summed E-state index contributed by atoms with van der Waals surface area (Å²) in [5, 5.41) is 0.776. The van der Waals surface area contributed by atoms with Crippen molar-refractivity contribution < 1.29 is 0 Å². The first kappa shape index (κ1) is 11.5. The molecule has 0 nitrogen and oxygen atoms in total. The summed E-state index contributed by atoms with van der Waals surface area (Å²) in [6.07, 6.45) is 1.91. The van der Waals surface area contributed by atoms with E-state index >= 15 is 0 Å². The normalized spacial score (nSPS) is 9.64. The zero-order valence-electron chi connectivity index (χ0n) is 5.22. The van der Waals surface area contributed by atoms with Gasteiger partial charge in [-0.3, -0.25) is 0 Å². The van der Waals surface area contributed by atoms with Gasteiger partial charge in [0.05, 0.1) is 0 Å². The van der Waals surface area contributed by atoms with Gasteiger partial charge in [0, 0.05) is 5.02 Å². The van der Waals surface area contributed by atoms with Crippen molar-refractivity contribution in [3.05, 3.63) is 39.8 Å². The Hall–Kier alpha value is 0.496. The summed E-state index contributed by atoms with van der Waals surface area (Å²) in [4.78, 5) is 1.79. The van der Waals surface area contributed by atoms with Crippen molar-refractivity contribution in [1.82, 2.24) is 0 Å². The maximum atomic E-state index is 5.83. The molecule has 0 fully saturated rings. The van der Waals surface area contributed by atoms with Crippen LogP contribution < -0.4 is 0 Å². The van der Waals surface area contributed by atoms with E-state index in [0.29, 0.717) is 0 Å². The van der Waals surface area contributed by atoms with Crippen molar-refractivity contribution in [1.29, 1.82) is 0 Å². The highest BCUT2D eigenvalue weighted by Crippen LogP contribution is 2.16. The van der Waals surface area contributed by atoms with Gasteiger partial charge in [-0.2, -0.15) is 0 Å². The Morgan fingerprint density at radius 1 is 1.27 bits per heavy atom. The minimum Gasteiger partial charge on any atom is -0.0837 e. The number of hydrogen-bond acceptors (Lipinski definition) is 0. The second-order valence-corrected chi connectivity index (χ2v) is 2.75. The van der Waals surface area contributed by atoms with Gasteiger partial charge in [0.2, 0.25) is 0 Å². The van der Waals surface area contributed by atoms with Crippen LogP contribution in [0.15, 0.2) is 29.3 Å². The highest BCUT2D eigenvalue weighted by atomic mass is 79.9. The molecular weight excluding hydrogens is 236 g/mol. The van der Waals surface area contributed by atoms with E-state index in [1.165, 1.54) is 0 Å². The summed E-state index contributed by atoms with van der Waals surface area (Å²) < 4.78 is 0. The fraction of sp³-hybridized carbons (Fsp3) is 0. The van der Waals surface area contributed by atoms with E-state index in [2.05, 4.69) is 15.9 Å². The predicted molar refractivity (Wildman–Crippen MR) is 58.0 cm³/mol. The van der Waals surface area contributed by atoms with Crippen LogP contribution in [-0.4, -0.2) is 23.1 Å². The first-order valence-corrected chi connectivity index (χ1v) is 4.15. The van der Waals surface area contributed by atoms with E-state index in [1.54, 1.807) is 4.99 Å². The van der Waals surface area contributed by atoms with E-state index in [9.17, 15) is 0 Å². The SMILES string of the molecule is Clc1ccccc1/C=C/Br.[MgH2]. The second-order valence-electron chi connectivity index (χ2n) is 1.81. The zero-order chi connectivity index (χ0) is 7.40. The van der Waals surface area contributed by atoms with Crippen LogP contribution in [0.2, 0.25) is 5.02 Å². The Balaban J connectivity index is 0.000001000. The molecule has 0 aromatic heterocycles. The molecule has 1 rings (SSSR count). The van der Waals surface area contributed by atoms with Crippen molar-refractivity contribution in [2.45, 2.75) is 0 Å². The lowest BCUT2D eigenvalue weighted by atomic mass is 10.2. The molecule has 0 unspecified atom stereocenters. The van der Waals surface area contributed by atoms with E-state index in [-0.39, 0.29) is 23.1 Å². The van der Waals surface area contributed by atoms with Gasteiger partial charge >= 0.3 is 23.1 Å². The highest BCUT2D eigenvalue weighted by Gasteiger charge is 1.90. The minimum atomic E-state index is 0. The maximum Gasteiger partial charge on any atom is 0.316 e. The molecule has 0 atom stereocenters. The first-order chi connectivity index (χ1) is 4.84. The lowest BCUT2D eigenvalue weighted by Gasteiger charge is -1.93. The summed E-state index contributed by atoms with van der Waals surface area (Å²) >= 11 is 9.01. The van der Waals surface area contributed by atoms with Crippen molar-refractivity contribution in [2.24, 2.45) is 0 Å². The average Bonchev–Trinajstić information content (AvgIpc) is 1.94. The molecule has 56 valence electrons. The molecule has 0 bridgehead atoms. The van der Waals surface area contributed by atoms with Gasteiger partial charge in [-0.1, -0.05) is 45.7 Å². The molecule has 11 heavy (non-hydrogen) atoms. The molecular formula is C8H8BrClMg. The third-order valence-electron chi connectivity index (χ3n) is 1.15. The molecule has 0 aliphatic heterocycles. The van der Waals surface area contributed by atoms with Gasteiger partial charge in [0.15, 0.2) is 0 Å². The van der Waals surface area contributed by atoms with Gasteiger partial charge < -0.3 is 0 Å². The fourth-order valence-corrected chi connectivity index (χ4v) is 1.16. The Morgan fingerprint density at radius 2 is 1.91 bits per heavy atom. The average molecular weight is 244 g/mol. The highest BCUT2D eigenvalue weighted by molar-refractivity contribution is 9.11. The molecule has 1 aromatic rings. The Kier molecular flexibility index (Phi) is 6.33. The molecule has 0 N–H and O–H groups in total. The first-order valence-electron chi connectivity index (χ1n) is 2.86. The Bertz CT molecular complexity index is 248. The molecule has 1 aromatic carbocycles. The smallest absolute Gasteiger partial charge is 0.0837 e. The minimum absolute atomic E-state index is 0. The molecule has 0 heterocycles. The lowest BCUT2D eigenvalue weighted by molar-refractivity contribution is 1.66. The third-order valence-corrected chi connectivity index (χ3v) is 1.76. The van der Waals surface area contributed by atoms with Crippen LogP contribution in [0.1, 0.15) is 5.56 Å². The second kappa shape index (κ2) is 6.06. The topological polar surface area (TPSA) is 0 Å². The van der Waals surface area contributed by atoms with Gasteiger partial charge in [0.25, 0.3) is 0 Å². The molecule has 0 radical (unpaired) electrons. The summed E-state index contributed by atoms with van der Waals surface area (Å²) in [5.74, 6) is 0. The molecule has 0 saturated carbocycles. The van der Waals surface area contributed by atoms with Gasteiger partial charge in [-0.05, 0) is 22.7 Å². The number of rotatable bonds is 1. The van der Waals surface area contributed by atoms with Crippen molar-refractivity contribution in [3.8, 4) is 0 Å². The predicted octanol–water partition coefficient (Wildman–Crippen LogP) is 2.79. The Labute approximate surface area is 95.9 Å². The standard InChI is InChI=1S/C8H6BrCl.Mg.2H/c9-6-5-7-3-1-2-4-8(7)10;;;/h1-6H;;;/b6-5+;;;. The summed E-state index contributed by atoms with van der Waals surface area (Å²) in [6.45, 7) is 0. The molecule has 0 amide bonds. The van der Waals surface area contributed by atoms with Crippen LogP contribution in [0, 0.1) is 0 Å². The largest absolute Gasteiger partial charge is 0.316 e. The van der Waals surface area contributed by atoms with Gasteiger partial charge in [0.1, 0.15) is 0 Å². The third kappa shape index (κ3) is 3.61. The van der Waals surface area contributed by atoms with Crippen LogP contribution in [0.4, 0.5) is 0 Å². The van der Waals surface area contributed by atoms with Crippen LogP contribution in [0.3, 0.4) is 0 Å². The fourth-order valence-electron chi connectivity index (χ4n) is 0.678. The van der Waals surface area contributed by atoms with Crippen LogP contribution in [0.25, 0.3) is 6.08 Å². The maximum absolute atomic E-state index is 5.83. The molecule has 0 spiro atoms.